The van der Waals surface area contributed by atoms with Gasteiger partial charge in [0.05, 0.1) is 6.20 Å². The molecule has 0 aliphatic rings. The summed E-state index contributed by atoms with van der Waals surface area (Å²) in [6, 6.07) is 8.42. The number of nitrogens with two attached hydrogens (primary N) is 1. The molecule has 0 amide bonds. The van der Waals surface area contributed by atoms with E-state index in [0.717, 1.165) is 5.03 Å². The second-order valence-corrected chi connectivity index (χ2v) is 5.02. The van der Waals surface area contributed by atoms with Gasteiger partial charge in [-0.2, -0.15) is 0 Å². The highest BCUT2D eigenvalue weighted by molar-refractivity contribution is 7.99. The Hall–Kier alpha value is -1.39. The molecule has 0 bridgehead atoms. The van der Waals surface area contributed by atoms with Gasteiger partial charge in [0, 0.05) is 24.2 Å². The summed E-state index contributed by atoms with van der Waals surface area (Å²) in [6.45, 7) is 2.68. The van der Waals surface area contributed by atoms with E-state index in [2.05, 4.69) is 41.2 Å². The third-order valence-electron chi connectivity index (χ3n) is 2.43. The van der Waals surface area contributed by atoms with Crippen LogP contribution < -0.4 is 5.73 Å². The van der Waals surface area contributed by atoms with Gasteiger partial charge in [-0.05, 0) is 12.5 Å². The predicted octanol–water partition coefficient (Wildman–Crippen LogP) is 2.58. The molecule has 0 spiro atoms. The summed E-state index contributed by atoms with van der Waals surface area (Å²) >= 11 is 1.65. The van der Waals surface area contributed by atoms with Crippen molar-refractivity contribution in [2.24, 2.45) is 5.73 Å². The smallest absolute Gasteiger partial charge is 0.115 e. The topological polar surface area (TPSA) is 51.8 Å². The molecular formula is C13H15N3S. The highest BCUT2D eigenvalue weighted by Gasteiger charge is 2.12. The zero-order valence-corrected chi connectivity index (χ0v) is 10.5. The summed E-state index contributed by atoms with van der Waals surface area (Å²) in [6.07, 6.45) is 5.14. The van der Waals surface area contributed by atoms with E-state index < -0.39 is 0 Å². The molecule has 0 fully saturated rings. The molecule has 3 nitrogen and oxygen atoms in total. The molecule has 1 atom stereocenters. The fourth-order valence-electron chi connectivity index (χ4n) is 1.61. The van der Waals surface area contributed by atoms with Crippen molar-refractivity contribution in [1.82, 2.24) is 9.97 Å². The Bertz CT molecular complexity index is 473. The molecule has 1 aromatic heterocycles. The minimum absolute atomic E-state index is 0.228. The molecule has 0 saturated carbocycles. The molecule has 4 heteroatoms. The van der Waals surface area contributed by atoms with E-state index in [-0.39, 0.29) is 5.25 Å². The zero-order valence-electron chi connectivity index (χ0n) is 9.71. The molecule has 0 aliphatic heterocycles. The van der Waals surface area contributed by atoms with Crippen molar-refractivity contribution < 1.29 is 0 Å². The quantitative estimate of drug-likeness (QED) is 0.841. The van der Waals surface area contributed by atoms with Gasteiger partial charge in [0.25, 0.3) is 0 Å². The van der Waals surface area contributed by atoms with E-state index in [1.165, 1.54) is 11.1 Å². The lowest BCUT2D eigenvalue weighted by Crippen LogP contribution is -2.09. The molecule has 2 N–H and O–H groups in total. The van der Waals surface area contributed by atoms with Crippen LogP contribution in [0.25, 0.3) is 0 Å². The molecule has 0 aliphatic carbocycles. The Kier molecular flexibility index (Phi) is 4.12. The first-order valence-electron chi connectivity index (χ1n) is 5.49. The van der Waals surface area contributed by atoms with Crippen LogP contribution in [-0.4, -0.2) is 16.5 Å². The van der Waals surface area contributed by atoms with Gasteiger partial charge in [0.1, 0.15) is 5.03 Å². The van der Waals surface area contributed by atoms with Gasteiger partial charge >= 0.3 is 0 Å². The highest BCUT2D eigenvalue weighted by atomic mass is 32.2. The van der Waals surface area contributed by atoms with Crippen molar-refractivity contribution in [2.45, 2.75) is 17.2 Å². The lowest BCUT2D eigenvalue weighted by molar-refractivity contribution is 0.929. The molecule has 2 aromatic rings. The van der Waals surface area contributed by atoms with Gasteiger partial charge in [-0.1, -0.05) is 41.6 Å². The number of hydrogen-bond donors (Lipinski definition) is 1. The fourth-order valence-corrected chi connectivity index (χ4v) is 2.53. The van der Waals surface area contributed by atoms with Crippen LogP contribution in [0.1, 0.15) is 16.4 Å². The molecule has 2 rings (SSSR count). The van der Waals surface area contributed by atoms with Crippen LogP contribution in [0.2, 0.25) is 0 Å². The van der Waals surface area contributed by atoms with E-state index >= 15 is 0 Å². The van der Waals surface area contributed by atoms with Gasteiger partial charge in [0.2, 0.25) is 0 Å². The molecule has 88 valence electrons. The normalized spacial score (nSPS) is 12.4. The molecule has 0 saturated heterocycles. The molecule has 1 heterocycles. The summed E-state index contributed by atoms with van der Waals surface area (Å²) in [4.78, 5) is 8.32. The number of aromatic nitrogens is 2. The largest absolute Gasteiger partial charge is 0.329 e. The van der Waals surface area contributed by atoms with Crippen LogP contribution >= 0.6 is 11.8 Å². The van der Waals surface area contributed by atoms with Crippen molar-refractivity contribution >= 4 is 11.8 Å². The van der Waals surface area contributed by atoms with E-state index in [0.29, 0.717) is 6.54 Å². The number of hydrogen-bond acceptors (Lipinski definition) is 4. The third kappa shape index (κ3) is 3.28. The predicted molar refractivity (Wildman–Crippen MR) is 70.9 cm³/mol. The number of benzene rings is 1. The fraction of sp³-hybridized carbons (Fsp3) is 0.231. The van der Waals surface area contributed by atoms with Gasteiger partial charge in [-0.15, -0.1) is 0 Å². The van der Waals surface area contributed by atoms with Crippen LogP contribution in [-0.2, 0) is 0 Å². The van der Waals surface area contributed by atoms with Crippen molar-refractivity contribution in [3.05, 3.63) is 54.0 Å². The van der Waals surface area contributed by atoms with E-state index in [1.807, 2.05) is 0 Å². The zero-order chi connectivity index (χ0) is 12.1. The summed E-state index contributed by atoms with van der Waals surface area (Å²) in [5.74, 6) is 0. The monoisotopic (exact) mass is 245 g/mol. The highest BCUT2D eigenvalue weighted by Crippen LogP contribution is 2.32. The summed E-state index contributed by atoms with van der Waals surface area (Å²) in [5, 5.41) is 1.14. The van der Waals surface area contributed by atoms with Crippen LogP contribution in [0.3, 0.4) is 0 Å². The Labute approximate surface area is 105 Å². The second kappa shape index (κ2) is 5.80. The minimum Gasteiger partial charge on any atom is -0.329 e. The Morgan fingerprint density at radius 2 is 2.24 bits per heavy atom. The Morgan fingerprint density at radius 1 is 1.35 bits per heavy atom. The van der Waals surface area contributed by atoms with Crippen molar-refractivity contribution in [3.8, 4) is 0 Å². The maximum Gasteiger partial charge on any atom is 0.115 e. The standard InChI is InChI=1S/C13H15N3S/c1-10-3-2-4-11(7-10)12(8-14)17-13-9-15-5-6-16-13/h2-7,9,12H,8,14H2,1H3. The maximum atomic E-state index is 5.83. The second-order valence-electron chi connectivity index (χ2n) is 3.80. The van der Waals surface area contributed by atoms with Crippen LogP contribution in [0, 0.1) is 6.92 Å². The number of rotatable bonds is 4. The maximum absolute atomic E-state index is 5.83. The van der Waals surface area contributed by atoms with Gasteiger partial charge in [-0.25, -0.2) is 4.98 Å². The molecule has 17 heavy (non-hydrogen) atoms. The molecule has 1 aromatic carbocycles. The first kappa shape index (κ1) is 12.1. The van der Waals surface area contributed by atoms with Crippen molar-refractivity contribution in [1.29, 1.82) is 0 Å². The van der Waals surface area contributed by atoms with Crippen molar-refractivity contribution in [3.63, 3.8) is 0 Å². The van der Waals surface area contributed by atoms with Gasteiger partial charge in [-0.3, -0.25) is 4.98 Å². The lowest BCUT2D eigenvalue weighted by atomic mass is 10.1. The third-order valence-corrected chi connectivity index (χ3v) is 3.63. The minimum atomic E-state index is 0.228. The van der Waals surface area contributed by atoms with Crippen LogP contribution in [0.4, 0.5) is 0 Å². The summed E-state index contributed by atoms with van der Waals surface area (Å²) in [7, 11) is 0. The Balaban J connectivity index is 2.17. The summed E-state index contributed by atoms with van der Waals surface area (Å²) in [5.41, 5.74) is 8.32. The van der Waals surface area contributed by atoms with E-state index in [1.54, 1.807) is 30.4 Å². The van der Waals surface area contributed by atoms with E-state index in [4.69, 9.17) is 5.73 Å². The molecular weight excluding hydrogens is 230 g/mol. The van der Waals surface area contributed by atoms with E-state index in [9.17, 15) is 0 Å². The molecule has 0 radical (unpaired) electrons. The first-order valence-corrected chi connectivity index (χ1v) is 6.37. The summed E-state index contributed by atoms with van der Waals surface area (Å²) < 4.78 is 0. The number of aryl methyl sites for hydroxylation is 1. The SMILES string of the molecule is Cc1cccc(C(CN)Sc2cnccn2)c1. The average molecular weight is 245 g/mol. The lowest BCUT2D eigenvalue weighted by Gasteiger charge is -2.14. The van der Waals surface area contributed by atoms with Gasteiger partial charge in [0.15, 0.2) is 0 Å². The first-order chi connectivity index (χ1) is 8.29. The van der Waals surface area contributed by atoms with Crippen LogP contribution in [0.5, 0.6) is 0 Å². The number of nitrogens with zero attached hydrogens (tertiary/aromatic N) is 2. The molecule has 1 unspecified atom stereocenters. The Morgan fingerprint density at radius 3 is 2.88 bits per heavy atom. The number of thioether (sulfide) groups is 1. The van der Waals surface area contributed by atoms with Gasteiger partial charge < -0.3 is 5.73 Å². The van der Waals surface area contributed by atoms with Crippen LogP contribution in [0.15, 0.2) is 47.9 Å². The average Bonchev–Trinajstić information content (AvgIpc) is 2.37. The van der Waals surface area contributed by atoms with Crippen molar-refractivity contribution in [2.75, 3.05) is 6.54 Å².